The Morgan fingerprint density at radius 1 is 1.30 bits per heavy atom. The number of nitro benzene ring substituents is 1. The molecular formula is C15H12N2O3. The second-order valence-corrected chi connectivity index (χ2v) is 4.26. The van der Waals surface area contributed by atoms with Gasteiger partial charge >= 0.3 is 0 Å². The molecule has 20 heavy (non-hydrogen) atoms. The molecule has 0 aliphatic heterocycles. The average molecular weight is 268 g/mol. The maximum absolute atomic E-state index is 10.7. The van der Waals surface area contributed by atoms with Crippen LogP contribution in [-0.2, 0) is 6.61 Å². The van der Waals surface area contributed by atoms with Gasteiger partial charge in [0.2, 0.25) is 0 Å². The molecule has 0 N–H and O–H groups in total. The normalized spacial score (nSPS) is 9.80. The fourth-order valence-corrected chi connectivity index (χ4v) is 1.77. The fraction of sp³-hybridized carbons (Fsp3) is 0.133. The summed E-state index contributed by atoms with van der Waals surface area (Å²) in [6.45, 7) is 2.29. The van der Waals surface area contributed by atoms with E-state index in [0.717, 1.165) is 11.1 Å². The number of benzene rings is 2. The molecule has 2 aromatic carbocycles. The first-order valence-corrected chi connectivity index (χ1v) is 5.97. The molecule has 0 unspecified atom stereocenters. The molecule has 0 aromatic heterocycles. The van der Waals surface area contributed by atoms with Crippen LogP contribution in [0.1, 0.15) is 16.7 Å². The van der Waals surface area contributed by atoms with Crippen LogP contribution >= 0.6 is 0 Å². The Morgan fingerprint density at radius 2 is 2.05 bits per heavy atom. The number of nitro groups is 1. The lowest BCUT2D eigenvalue weighted by Gasteiger charge is -2.09. The first-order chi connectivity index (χ1) is 9.61. The van der Waals surface area contributed by atoms with Crippen molar-refractivity contribution in [1.82, 2.24) is 0 Å². The van der Waals surface area contributed by atoms with Gasteiger partial charge in [0, 0.05) is 12.1 Å². The molecule has 2 aromatic rings. The van der Waals surface area contributed by atoms with Gasteiger partial charge in [0.25, 0.3) is 5.69 Å². The molecule has 0 heterocycles. The van der Waals surface area contributed by atoms with Crippen LogP contribution in [0, 0.1) is 28.4 Å². The molecule has 0 aliphatic carbocycles. The maximum Gasteiger partial charge on any atom is 0.271 e. The monoisotopic (exact) mass is 268 g/mol. The van der Waals surface area contributed by atoms with Crippen molar-refractivity contribution < 1.29 is 9.66 Å². The van der Waals surface area contributed by atoms with E-state index in [1.54, 1.807) is 0 Å². The highest BCUT2D eigenvalue weighted by atomic mass is 16.6. The summed E-state index contributed by atoms with van der Waals surface area (Å²) < 4.78 is 5.58. The van der Waals surface area contributed by atoms with Gasteiger partial charge in [0.05, 0.1) is 4.92 Å². The summed E-state index contributed by atoms with van der Waals surface area (Å²) in [4.78, 5) is 10.1. The minimum Gasteiger partial charge on any atom is -0.488 e. The molecule has 0 radical (unpaired) electrons. The first-order valence-electron chi connectivity index (χ1n) is 5.97. The van der Waals surface area contributed by atoms with Crippen LogP contribution in [0.2, 0.25) is 0 Å². The largest absolute Gasteiger partial charge is 0.488 e. The predicted molar refractivity (Wildman–Crippen MR) is 73.3 cm³/mol. The topological polar surface area (TPSA) is 76.2 Å². The third-order valence-electron chi connectivity index (χ3n) is 2.94. The average Bonchev–Trinajstić information content (AvgIpc) is 2.46. The summed E-state index contributed by atoms with van der Waals surface area (Å²) in [7, 11) is 0. The number of hydrogen-bond acceptors (Lipinski definition) is 4. The number of hydrogen-bond donors (Lipinski definition) is 0. The van der Waals surface area contributed by atoms with Crippen molar-refractivity contribution in [3.8, 4) is 11.8 Å². The van der Waals surface area contributed by atoms with Crippen molar-refractivity contribution in [3.05, 3.63) is 69.3 Å². The van der Waals surface area contributed by atoms with Gasteiger partial charge in [-0.1, -0.05) is 24.3 Å². The Hall–Kier alpha value is -2.87. The summed E-state index contributed by atoms with van der Waals surface area (Å²) >= 11 is 0. The van der Waals surface area contributed by atoms with Crippen molar-refractivity contribution in [2.45, 2.75) is 13.5 Å². The van der Waals surface area contributed by atoms with Gasteiger partial charge in [-0.05, 0) is 24.1 Å². The second-order valence-electron chi connectivity index (χ2n) is 4.26. The molecule has 0 bridgehead atoms. The van der Waals surface area contributed by atoms with Gasteiger partial charge in [-0.25, -0.2) is 0 Å². The van der Waals surface area contributed by atoms with Crippen molar-refractivity contribution in [2.24, 2.45) is 0 Å². The zero-order valence-corrected chi connectivity index (χ0v) is 10.9. The number of nitrogens with zero attached hydrogens (tertiary/aromatic N) is 2. The Bertz CT molecular complexity index is 690. The Kier molecular flexibility index (Phi) is 3.96. The van der Waals surface area contributed by atoms with Crippen LogP contribution in [0.25, 0.3) is 0 Å². The summed E-state index contributed by atoms with van der Waals surface area (Å²) in [5, 5.41) is 19.7. The highest BCUT2D eigenvalue weighted by Crippen LogP contribution is 2.24. The van der Waals surface area contributed by atoms with E-state index < -0.39 is 4.92 Å². The van der Waals surface area contributed by atoms with Gasteiger partial charge in [-0.15, -0.1) is 0 Å². The van der Waals surface area contributed by atoms with Crippen LogP contribution in [0.5, 0.6) is 5.75 Å². The van der Waals surface area contributed by atoms with Crippen molar-refractivity contribution in [2.75, 3.05) is 0 Å². The molecule has 0 saturated heterocycles. The maximum atomic E-state index is 10.7. The molecule has 2 rings (SSSR count). The number of ether oxygens (including phenoxy) is 1. The van der Waals surface area contributed by atoms with Crippen LogP contribution in [-0.4, -0.2) is 4.92 Å². The van der Waals surface area contributed by atoms with E-state index in [0.29, 0.717) is 12.4 Å². The fourth-order valence-electron chi connectivity index (χ4n) is 1.77. The van der Waals surface area contributed by atoms with E-state index in [2.05, 4.69) is 0 Å². The highest BCUT2D eigenvalue weighted by Gasteiger charge is 2.11. The van der Waals surface area contributed by atoms with E-state index in [1.165, 1.54) is 18.2 Å². The molecule has 0 atom stereocenters. The molecule has 0 spiro atoms. The van der Waals surface area contributed by atoms with Crippen molar-refractivity contribution in [1.29, 1.82) is 5.26 Å². The van der Waals surface area contributed by atoms with Gasteiger partial charge in [-0.2, -0.15) is 5.26 Å². The minimum absolute atomic E-state index is 0.121. The molecule has 0 aliphatic rings. The lowest BCUT2D eigenvalue weighted by atomic mass is 10.1. The van der Waals surface area contributed by atoms with Gasteiger partial charge < -0.3 is 4.74 Å². The lowest BCUT2D eigenvalue weighted by Crippen LogP contribution is -2.00. The standard InChI is InChI=1S/C15H12N2O3/c1-11-4-2-3-5-12(11)10-20-15-7-6-14(17(18)19)8-13(15)9-16/h2-8H,10H2,1H3. The van der Waals surface area contributed by atoms with Gasteiger partial charge in [0.15, 0.2) is 0 Å². The van der Waals surface area contributed by atoms with E-state index in [9.17, 15) is 10.1 Å². The minimum atomic E-state index is -0.536. The summed E-state index contributed by atoms with van der Waals surface area (Å²) in [5.74, 6) is 0.348. The summed E-state index contributed by atoms with van der Waals surface area (Å²) in [5.41, 5.74) is 2.14. The third-order valence-corrected chi connectivity index (χ3v) is 2.94. The first kappa shape index (κ1) is 13.6. The van der Waals surface area contributed by atoms with Gasteiger partial charge in [0.1, 0.15) is 24.0 Å². The van der Waals surface area contributed by atoms with E-state index in [-0.39, 0.29) is 11.3 Å². The van der Waals surface area contributed by atoms with E-state index in [1.807, 2.05) is 37.3 Å². The zero-order valence-electron chi connectivity index (χ0n) is 10.9. The molecular weight excluding hydrogens is 256 g/mol. The smallest absolute Gasteiger partial charge is 0.271 e. The summed E-state index contributed by atoms with van der Waals surface area (Å²) in [6.07, 6.45) is 0. The van der Waals surface area contributed by atoms with E-state index in [4.69, 9.17) is 10.00 Å². The van der Waals surface area contributed by atoms with Crippen molar-refractivity contribution >= 4 is 5.69 Å². The highest BCUT2D eigenvalue weighted by molar-refractivity contribution is 5.50. The third kappa shape index (κ3) is 2.93. The van der Waals surface area contributed by atoms with Crippen molar-refractivity contribution in [3.63, 3.8) is 0 Å². The Labute approximate surface area is 116 Å². The molecule has 0 amide bonds. The SMILES string of the molecule is Cc1ccccc1COc1ccc([N+](=O)[O-])cc1C#N. The number of aryl methyl sites for hydroxylation is 1. The summed E-state index contributed by atoms with van der Waals surface area (Å²) in [6, 6.07) is 13.7. The quantitative estimate of drug-likeness (QED) is 0.629. The Balaban J connectivity index is 2.20. The predicted octanol–water partition coefficient (Wildman–Crippen LogP) is 3.35. The number of non-ortho nitro benzene ring substituents is 1. The van der Waals surface area contributed by atoms with Crippen LogP contribution in [0.15, 0.2) is 42.5 Å². The molecule has 0 fully saturated rings. The number of nitriles is 1. The van der Waals surface area contributed by atoms with Crippen LogP contribution in [0.4, 0.5) is 5.69 Å². The molecule has 100 valence electrons. The second kappa shape index (κ2) is 5.85. The molecule has 5 nitrogen and oxygen atoms in total. The van der Waals surface area contributed by atoms with E-state index >= 15 is 0 Å². The van der Waals surface area contributed by atoms with Crippen LogP contribution in [0.3, 0.4) is 0 Å². The van der Waals surface area contributed by atoms with Gasteiger partial charge in [-0.3, -0.25) is 10.1 Å². The zero-order chi connectivity index (χ0) is 14.5. The Morgan fingerprint density at radius 3 is 2.70 bits per heavy atom. The van der Waals surface area contributed by atoms with Crippen LogP contribution < -0.4 is 4.74 Å². The lowest BCUT2D eigenvalue weighted by molar-refractivity contribution is -0.384. The molecule has 5 heteroatoms. The number of rotatable bonds is 4. The molecule has 0 saturated carbocycles.